The molecule has 0 aliphatic heterocycles. The first kappa shape index (κ1) is 15.5. The van der Waals surface area contributed by atoms with Crippen LogP contribution >= 0.6 is 0 Å². The zero-order chi connectivity index (χ0) is 14.6. The highest BCUT2D eigenvalue weighted by molar-refractivity contribution is 7.89. The number of sulfonamides is 1. The standard InChI is InChI=1S/C13H24N4O2S/c1-3-7-14-8-11-9-15-16-13(11)20(18,19)17-12-6-4-5-10(12)2/h9-10,12,14,17H,3-8H2,1-2H3,(H,15,16). The Kier molecular flexibility index (Phi) is 5.17. The van der Waals surface area contributed by atoms with E-state index in [-0.39, 0.29) is 11.1 Å². The van der Waals surface area contributed by atoms with Crippen molar-refractivity contribution in [2.75, 3.05) is 6.54 Å². The van der Waals surface area contributed by atoms with Crippen LogP contribution in [0, 0.1) is 5.92 Å². The molecule has 0 bridgehead atoms. The van der Waals surface area contributed by atoms with Gasteiger partial charge in [0.25, 0.3) is 10.0 Å². The Labute approximate surface area is 120 Å². The average molecular weight is 300 g/mol. The number of H-pyrrole nitrogens is 1. The second-order valence-electron chi connectivity index (χ2n) is 5.54. The number of nitrogens with one attached hydrogen (secondary N) is 3. The zero-order valence-corrected chi connectivity index (χ0v) is 13.0. The molecule has 0 radical (unpaired) electrons. The van der Waals surface area contributed by atoms with E-state index in [9.17, 15) is 8.42 Å². The fraction of sp³-hybridized carbons (Fsp3) is 0.769. The van der Waals surface area contributed by atoms with Crippen LogP contribution in [0.25, 0.3) is 0 Å². The van der Waals surface area contributed by atoms with Crippen molar-refractivity contribution in [3.8, 4) is 0 Å². The molecule has 1 aliphatic carbocycles. The summed E-state index contributed by atoms with van der Waals surface area (Å²) in [7, 11) is -3.51. The molecule has 2 rings (SSSR count). The van der Waals surface area contributed by atoms with Gasteiger partial charge in [0.1, 0.15) is 0 Å². The van der Waals surface area contributed by atoms with Gasteiger partial charge in [-0.15, -0.1) is 0 Å². The molecule has 1 heterocycles. The molecule has 6 nitrogen and oxygen atoms in total. The van der Waals surface area contributed by atoms with Crippen LogP contribution in [-0.2, 0) is 16.6 Å². The third-order valence-electron chi connectivity index (χ3n) is 3.86. The molecule has 0 aromatic carbocycles. The summed E-state index contributed by atoms with van der Waals surface area (Å²) in [4.78, 5) is 0. The number of nitrogens with zero attached hydrogens (tertiary/aromatic N) is 1. The van der Waals surface area contributed by atoms with Gasteiger partial charge in [0.15, 0.2) is 5.03 Å². The van der Waals surface area contributed by atoms with Crippen LogP contribution in [0.2, 0.25) is 0 Å². The first-order valence-corrected chi connectivity index (χ1v) is 8.78. The van der Waals surface area contributed by atoms with Crippen molar-refractivity contribution in [3.63, 3.8) is 0 Å². The monoisotopic (exact) mass is 300 g/mol. The molecule has 7 heteroatoms. The van der Waals surface area contributed by atoms with Gasteiger partial charge in [0, 0.05) is 18.2 Å². The lowest BCUT2D eigenvalue weighted by Gasteiger charge is -2.17. The third-order valence-corrected chi connectivity index (χ3v) is 5.36. The Morgan fingerprint density at radius 1 is 1.45 bits per heavy atom. The second-order valence-corrected chi connectivity index (χ2v) is 7.19. The van der Waals surface area contributed by atoms with Gasteiger partial charge >= 0.3 is 0 Å². The first-order valence-electron chi connectivity index (χ1n) is 7.30. The summed E-state index contributed by atoms with van der Waals surface area (Å²) >= 11 is 0. The van der Waals surface area contributed by atoms with Crippen LogP contribution in [0.5, 0.6) is 0 Å². The Bertz CT molecular complexity index is 526. The van der Waals surface area contributed by atoms with E-state index in [1.807, 2.05) is 0 Å². The largest absolute Gasteiger partial charge is 0.313 e. The maximum atomic E-state index is 12.4. The van der Waals surface area contributed by atoms with Gasteiger partial charge in [-0.3, -0.25) is 5.10 Å². The van der Waals surface area contributed by atoms with Crippen LogP contribution in [-0.4, -0.2) is 31.2 Å². The van der Waals surface area contributed by atoms with Crippen molar-refractivity contribution in [1.82, 2.24) is 20.2 Å². The fourth-order valence-corrected chi connectivity index (χ4v) is 4.15. The highest BCUT2D eigenvalue weighted by Gasteiger charge is 2.30. The molecule has 114 valence electrons. The van der Waals surface area contributed by atoms with Gasteiger partial charge in [-0.1, -0.05) is 20.3 Å². The lowest BCUT2D eigenvalue weighted by molar-refractivity contribution is 0.474. The average Bonchev–Trinajstić information content (AvgIpc) is 3.00. The predicted molar refractivity (Wildman–Crippen MR) is 77.7 cm³/mol. The molecule has 20 heavy (non-hydrogen) atoms. The fourth-order valence-electron chi connectivity index (χ4n) is 2.64. The Morgan fingerprint density at radius 2 is 2.25 bits per heavy atom. The summed E-state index contributed by atoms with van der Waals surface area (Å²) in [5.41, 5.74) is 0.691. The molecule has 0 spiro atoms. The number of hydrogen-bond acceptors (Lipinski definition) is 4. The van der Waals surface area contributed by atoms with Crippen molar-refractivity contribution >= 4 is 10.0 Å². The van der Waals surface area contributed by atoms with Crippen molar-refractivity contribution in [3.05, 3.63) is 11.8 Å². The van der Waals surface area contributed by atoms with Crippen LogP contribution in [0.4, 0.5) is 0 Å². The SMILES string of the molecule is CCCNCc1cn[nH]c1S(=O)(=O)NC1CCCC1C. The summed E-state index contributed by atoms with van der Waals surface area (Å²) < 4.78 is 27.7. The van der Waals surface area contributed by atoms with Crippen molar-refractivity contribution in [1.29, 1.82) is 0 Å². The topological polar surface area (TPSA) is 86.9 Å². The first-order chi connectivity index (χ1) is 9.54. The summed E-state index contributed by atoms with van der Waals surface area (Å²) in [6.07, 6.45) is 5.67. The van der Waals surface area contributed by atoms with E-state index in [4.69, 9.17) is 0 Å². The maximum Gasteiger partial charge on any atom is 0.258 e. The van der Waals surface area contributed by atoms with E-state index >= 15 is 0 Å². The minimum absolute atomic E-state index is 0.0414. The molecule has 2 atom stereocenters. The molecule has 1 fully saturated rings. The Balaban J connectivity index is 2.07. The minimum atomic E-state index is -3.51. The van der Waals surface area contributed by atoms with Gasteiger partial charge < -0.3 is 5.32 Å². The van der Waals surface area contributed by atoms with Crippen LogP contribution in [0.15, 0.2) is 11.2 Å². The van der Waals surface area contributed by atoms with Gasteiger partial charge in [-0.05, 0) is 31.7 Å². The second kappa shape index (κ2) is 6.69. The highest BCUT2D eigenvalue weighted by Crippen LogP contribution is 2.26. The molecule has 2 unspecified atom stereocenters. The van der Waals surface area contributed by atoms with Gasteiger partial charge in [0.2, 0.25) is 0 Å². The molecule has 1 aromatic heterocycles. The third kappa shape index (κ3) is 3.59. The Morgan fingerprint density at radius 3 is 2.90 bits per heavy atom. The van der Waals surface area contributed by atoms with Crippen LogP contribution in [0.3, 0.4) is 0 Å². The summed E-state index contributed by atoms with van der Waals surface area (Å²) in [5, 5.41) is 9.89. The molecule has 3 N–H and O–H groups in total. The lowest BCUT2D eigenvalue weighted by atomic mass is 10.1. The Hall–Kier alpha value is -0.920. The quantitative estimate of drug-likeness (QED) is 0.664. The van der Waals surface area contributed by atoms with Gasteiger partial charge in [-0.25, -0.2) is 13.1 Å². The van der Waals surface area contributed by atoms with Crippen molar-refractivity contribution in [2.45, 2.75) is 57.1 Å². The number of rotatable bonds is 7. The van der Waals surface area contributed by atoms with Crippen molar-refractivity contribution < 1.29 is 8.42 Å². The number of aromatic nitrogens is 2. The lowest BCUT2D eigenvalue weighted by Crippen LogP contribution is -2.37. The molecular weight excluding hydrogens is 276 g/mol. The molecule has 1 aromatic rings. The molecule has 1 aliphatic rings. The van der Waals surface area contributed by atoms with Crippen LogP contribution < -0.4 is 10.0 Å². The van der Waals surface area contributed by atoms with Crippen LogP contribution in [0.1, 0.15) is 45.1 Å². The maximum absolute atomic E-state index is 12.4. The van der Waals surface area contributed by atoms with E-state index in [0.29, 0.717) is 18.0 Å². The van der Waals surface area contributed by atoms with Gasteiger partial charge in [-0.2, -0.15) is 5.10 Å². The van der Waals surface area contributed by atoms with E-state index in [0.717, 1.165) is 32.2 Å². The number of hydrogen-bond donors (Lipinski definition) is 3. The van der Waals surface area contributed by atoms with E-state index < -0.39 is 10.0 Å². The van der Waals surface area contributed by atoms with Gasteiger partial charge in [0.05, 0.1) is 6.20 Å². The summed E-state index contributed by atoms with van der Waals surface area (Å²) in [6.45, 7) is 5.54. The van der Waals surface area contributed by atoms with E-state index in [1.54, 1.807) is 6.20 Å². The summed E-state index contributed by atoms with van der Waals surface area (Å²) in [6, 6.07) is 0.0414. The normalized spacial score (nSPS) is 23.3. The molecule has 0 saturated heterocycles. The molecular formula is C13H24N4O2S. The highest BCUT2D eigenvalue weighted by atomic mass is 32.2. The number of aromatic amines is 1. The van der Waals surface area contributed by atoms with E-state index in [2.05, 4.69) is 34.1 Å². The predicted octanol–water partition coefficient (Wildman–Crippen LogP) is 1.38. The summed E-state index contributed by atoms with van der Waals surface area (Å²) in [5.74, 6) is 0.398. The minimum Gasteiger partial charge on any atom is -0.313 e. The zero-order valence-electron chi connectivity index (χ0n) is 12.1. The molecule has 1 saturated carbocycles. The van der Waals surface area contributed by atoms with Crippen molar-refractivity contribution in [2.24, 2.45) is 5.92 Å². The smallest absolute Gasteiger partial charge is 0.258 e. The molecule has 0 amide bonds. The van der Waals surface area contributed by atoms with E-state index in [1.165, 1.54) is 0 Å².